The predicted octanol–water partition coefficient (Wildman–Crippen LogP) is 25.6. The minimum absolute atomic E-state index is 1.09. The van der Waals surface area contributed by atoms with Crippen LogP contribution < -0.4 is 0 Å². The van der Waals surface area contributed by atoms with Crippen LogP contribution in [0.1, 0.15) is 387 Å². The highest BCUT2D eigenvalue weighted by Crippen LogP contribution is 2.17. The van der Waals surface area contributed by atoms with Gasteiger partial charge in [-0.25, -0.2) is 4.94 Å². The molecular weight excluding hydrogens is 909 g/mol. The number of rotatable bonds is 66. The highest BCUT2D eigenvalue weighted by atomic mass is 16.8. The molecule has 0 aromatic heterocycles. The first-order valence-electron chi connectivity index (χ1n) is 35.1. The lowest BCUT2D eigenvalue weighted by Crippen LogP contribution is -2.38. The van der Waals surface area contributed by atoms with Crippen LogP contribution in [0.2, 0.25) is 0 Å². The molecule has 0 aliphatic rings. The van der Waals surface area contributed by atoms with Gasteiger partial charge < -0.3 is 0 Å². The Labute approximate surface area is 474 Å². The van der Waals surface area contributed by atoms with Crippen LogP contribution in [0.25, 0.3) is 0 Å². The fourth-order valence-electron chi connectivity index (χ4n) is 10.7. The monoisotopic (exact) mass is 1050 g/mol. The molecule has 0 amide bonds. The van der Waals surface area contributed by atoms with E-state index in [4.69, 9.17) is 4.94 Å². The average Bonchev–Trinajstić information content (AvgIpc) is 3.42. The Morgan fingerprint density at radius 1 is 0.173 bits per heavy atom. The molecule has 0 aliphatic heterocycles. The van der Waals surface area contributed by atoms with Crippen molar-refractivity contribution in [3.8, 4) is 0 Å². The molecule has 0 aromatic carbocycles. The van der Waals surface area contributed by atoms with Gasteiger partial charge >= 0.3 is 0 Å². The van der Waals surface area contributed by atoms with E-state index in [0.29, 0.717) is 0 Å². The first-order valence-corrected chi connectivity index (χ1v) is 35.1. The van der Waals surface area contributed by atoms with Crippen LogP contribution in [0, 0.1) is 0 Å². The Bertz CT molecular complexity index is 956. The lowest BCUT2D eigenvalue weighted by atomic mass is 10.1. The zero-order valence-corrected chi connectivity index (χ0v) is 52.3. The summed E-state index contributed by atoms with van der Waals surface area (Å²) in [6.07, 6.45) is 96.1. The fraction of sp³-hybridized carbons (Fsp3) is 0.889. The molecule has 3 nitrogen and oxygen atoms in total. The number of unbranched alkanes of at least 4 members (excludes halogenated alkanes) is 48. The number of hydroxylamine groups is 4. The van der Waals surface area contributed by atoms with Crippen molar-refractivity contribution in [3.05, 3.63) is 48.6 Å². The van der Waals surface area contributed by atoms with Gasteiger partial charge in [-0.15, -0.1) is 0 Å². The van der Waals surface area contributed by atoms with Gasteiger partial charge in [0.05, 0.1) is 0 Å². The standard InChI is InChI=1S/C72H140N2O/c1-5-9-13-17-21-25-29-33-37-41-45-49-53-57-61-65-69-73(70-66-62-58-54-50-46-42-38-34-30-26-22-18-14-10-6-2)75-74(71-67-63-59-55-51-47-43-39-35-31-27-23-19-15-11-7-3)72-68-64-60-56-52-48-44-40-36-32-28-24-20-16-12-8-4/h33-40H,5-32,41-72H2,1-4H3. The van der Waals surface area contributed by atoms with Crippen LogP contribution in [-0.4, -0.2) is 36.3 Å². The molecule has 0 fully saturated rings. The van der Waals surface area contributed by atoms with Gasteiger partial charge in [-0.1, -0.05) is 307 Å². The van der Waals surface area contributed by atoms with E-state index < -0.39 is 0 Å². The molecule has 0 bridgehead atoms. The van der Waals surface area contributed by atoms with Gasteiger partial charge in [-0.2, -0.15) is 10.1 Å². The van der Waals surface area contributed by atoms with Crippen LogP contribution in [0.5, 0.6) is 0 Å². The van der Waals surface area contributed by atoms with Crippen molar-refractivity contribution in [1.82, 2.24) is 10.1 Å². The van der Waals surface area contributed by atoms with Crippen molar-refractivity contribution >= 4 is 0 Å². The van der Waals surface area contributed by atoms with Crippen LogP contribution in [0.3, 0.4) is 0 Å². The highest BCUT2D eigenvalue weighted by molar-refractivity contribution is 4.83. The Kier molecular flexibility index (Phi) is 67.9. The molecular formula is C72H140N2O. The van der Waals surface area contributed by atoms with Gasteiger partial charge in [0.1, 0.15) is 0 Å². The molecule has 0 saturated carbocycles. The summed E-state index contributed by atoms with van der Waals surface area (Å²) in [7, 11) is 0. The summed E-state index contributed by atoms with van der Waals surface area (Å²) in [5.74, 6) is 0. The smallest absolute Gasteiger partial charge is 0.0259 e. The molecule has 75 heavy (non-hydrogen) atoms. The van der Waals surface area contributed by atoms with E-state index in [2.05, 4.69) is 86.4 Å². The Hall–Kier alpha value is -1.16. The number of allylic oxidation sites excluding steroid dienone is 8. The summed E-state index contributed by atoms with van der Waals surface area (Å²) in [5, 5.41) is 4.84. The zero-order valence-electron chi connectivity index (χ0n) is 52.3. The summed E-state index contributed by atoms with van der Waals surface area (Å²) in [5.41, 5.74) is 0. The van der Waals surface area contributed by atoms with Crippen LogP contribution in [0.4, 0.5) is 0 Å². The molecule has 0 rings (SSSR count). The third kappa shape index (κ3) is 65.3. The maximum atomic E-state index is 6.98. The molecule has 0 aliphatic carbocycles. The summed E-state index contributed by atoms with van der Waals surface area (Å²) >= 11 is 0. The van der Waals surface area contributed by atoms with Crippen LogP contribution in [0.15, 0.2) is 48.6 Å². The number of hydrogen-bond acceptors (Lipinski definition) is 3. The average molecular weight is 1050 g/mol. The van der Waals surface area contributed by atoms with E-state index in [1.54, 1.807) is 0 Å². The fourth-order valence-corrected chi connectivity index (χ4v) is 10.7. The molecule has 0 spiro atoms. The largest absolute Gasteiger partial charge is 0.208 e. The van der Waals surface area contributed by atoms with E-state index in [-0.39, 0.29) is 0 Å². The van der Waals surface area contributed by atoms with Crippen molar-refractivity contribution in [3.63, 3.8) is 0 Å². The van der Waals surface area contributed by atoms with Crippen LogP contribution in [-0.2, 0) is 4.94 Å². The second kappa shape index (κ2) is 68.9. The predicted molar refractivity (Wildman–Crippen MR) is 342 cm³/mol. The van der Waals surface area contributed by atoms with E-state index >= 15 is 0 Å². The SMILES string of the molecule is CCCCCCCCC=CCCCCCCCCN(CCCCCCCCC=CCCCCCCCC)ON(CCCCCCCCC=CCCCCCCCC)CCCCCCCCC=CCCCCCCCC. The molecule has 0 saturated heterocycles. The summed E-state index contributed by atoms with van der Waals surface area (Å²) in [6.45, 7) is 13.6. The first-order chi connectivity index (χ1) is 37.3. The van der Waals surface area contributed by atoms with Gasteiger partial charge in [-0.3, -0.25) is 0 Å². The van der Waals surface area contributed by atoms with E-state index in [1.807, 2.05) is 0 Å². The molecule has 0 aromatic rings. The van der Waals surface area contributed by atoms with Crippen LogP contribution >= 0.6 is 0 Å². The van der Waals surface area contributed by atoms with Gasteiger partial charge in [0.25, 0.3) is 0 Å². The minimum Gasteiger partial charge on any atom is -0.208 e. The molecule has 0 atom stereocenters. The molecule has 0 N–H and O–H groups in total. The van der Waals surface area contributed by atoms with Gasteiger partial charge in [0.15, 0.2) is 0 Å². The summed E-state index contributed by atoms with van der Waals surface area (Å²) in [6, 6.07) is 0. The Morgan fingerprint density at radius 2 is 0.307 bits per heavy atom. The Morgan fingerprint density at radius 3 is 0.467 bits per heavy atom. The molecule has 0 heterocycles. The van der Waals surface area contributed by atoms with Crippen molar-refractivity contribution in [2.45, 2.75) is 387 Å². The second-order valence-corrected chi connectivity index (χ2v) is 23.7. The first kappa shape index (κ1) is 73.8. The van der Waals surface area contributed by atoms with E-state index in [0.717, 1.165) is 26.2 Å². The molecule has 0 radical (unpaired) electrons. The molecule has 0 unspecified atom stereocenters. The third-order valence-corrected chi connectivity index (χ3v) is 15.9. The second-order valence-electron chi connectivity index (χ2n) is 23.7. The lowest BCUT2D eigenvalue weighted by molar-refractivity contribution is -0.326. The normalized spacial score (nSPS) is 12.3. The maximum Gasteiger partial charge on any atom is 0.0259 e. The van der Waals surface area contributed by atoms with Crippen molar-refractivity contribution < 1.29 is 4.94 Å². The van der Waals surface area contributed by atoms with Crippen molar-refractivity contribution in [2.75, 3.05) is 26.2 Å². The van der Waals surface area contributed by atoms with E-state index in [9.17, 15) is 0 Å². The number of hydrogen-bond donors (Lipinski definition) is 0. The van der Waals surface area contributed by atoms with Gasteiger partial charge in [-0.05, 0) is 128 Å². The molecule has 444 valence electrons. The third-order valence-electron chi connectivity index (χ3n) is 15.9. The van der Waals surface area contributed by atoms with Crippen molar-refractivity contribution in [2.24, 2.45) is 0 Å². The summed E-state index contributed by atoms with van der Waals surface area (Å²) in [4.78, 5) is 6.98. The number of nitrogens with zero attached hydrogens (tertiary/aromatic N) is 2. The zero-order chi connectivity index (χ0) is 53.9. The quantitative estimate of drug-likeness (QED) is 0.0343. The summed E-state index contributed by atoms with van der Waals surface area (Å²) < 4.78 is 0. The Balaban J connectivity index is 4.99. The van der Waals surface area contributed by atoms with E-state index in [1.165, 1.54) is 360 Å². The maximum absolute atomic E-state index is 6.98. The van der Waals surface area contributed by atoms with Gasteiger partial charge in [0, 0.05) is 26.2 Å². The topological polar surface area (TPSA) is 15.7 Å². The molecule has 3 heteroatoms. The minimum atomic E-state index is 1.09. The van der Waals surface area contributed by atoms with Crippen molar-refractivity contribution in [1.29, 1.82) is 0 Å². The highest BCUT2D eigenvalue weighted by Gasteiger charge is 2.13. The lowest BCUT2D eigenvalue weighted by Gasteiger charge is -2.29. The van der Waals surface area contributed by atoms with Gasteiger partial charge in [0.2, 0.25) is 0 Å².